The number of halogens is 2. The van der Waals surface area contributed by atoms with E-state index in [9.17, 15) is 28.0 Å². The number of rotatable bonds is 11. The first-order chi connectivity index (χ1) is 22.6. The van der Waals surface area contributed by atoms with Gasteiger partial charge in [0.2, 0.25) is 11.8 Å². The van der Waals surface area contributed by atoms with E-state index in [0.29, 0.717) is 23.0 Å². The summed E-state index contributed by atoms with van der Waals surface area (Å²) in [5, 5.41) is 3.16. The van der Waals surface area contributed by atoms with Gasteiger partial charge in [0.05, 0.1) is 18.3 Å². The molecule has 4 aromatic rings. The monoisotopic (exact) mass is 663 g/mol. The van der Waals surface area contributed by atoms with Gasteiger partial charge in [-0.15, -0.1) is 0 Å². The Morgan fingerprint density at radius 2 is 1.81 bits per heavy atom. The van der Waals surface area contributed by atoms with Gasteiger partial charge in [-0.1, -0.05) is 18.2 Å². The fourth-order valence-electron chi connectivity index (χ4n) is 4.72. The summed E-state index contributed by atoms with van der Waals surface area (Å²) in [5.41, 5.74) is 5.42. The SMILES string of the molecule is CN(C)C(=O)/C=C/CC[C@H](N)C(=O)Nc1cccn(Cc2cc3cccc(OCc4ccc(F)cc4F)c3n2C(=O)OC(C)(C)C)c1=O. The molecular weight excluding hydrogens is 624 g/mol. The van der Waals surface area contributed by atoms with Crippen LogP contribution in [0.5, 0.6) is 5.75 Å². The maximum Gasteiger partial charge on any atom is 0.419 e. The number of hydrogen-bond acceptors (Lipinski definition) is 7. The number of ether oxygens (including phenoxy) is 2. The summed E-state index contributed by atoms with van der Waals surface area (Å²) in [4.78, 5) is 53.0. The van der Waals surface area contributed by atoms with Gasteiger partial charge >= 0.3 is 6.09 Å². The molecule has 254 valence electrons. The van der Waals surface area contributed by atoms with Gasteiger partial charge in [0.15, 0.2) is 0 Å². The van der Waals surface area contributed by atoms with Crippen molar-refractivity contribution in [1.29, 1.82) is 0 Å². The molecule has 0 saturated heterocycles. The van der Waals surface area contributed by atoms with Crippen molar-refractivity contribution in [2.24, 2.45) is 5.73 Å². The number of likely N-dealkylation sites (N-methyl/N-ethyl adjacent to an activating group) is 1. The number of nitrogens with two attached hydrogens (primary N) is 1. The van der Waals surface area contributed by atoms with Crippen LogP contribution in [0.1, 0.15) is 44.9 Å². The lowest BCUT2D eigenvalue weighted by Gasteiger charge is -2.21. The number of para-hydroxylation sites is 1. The van der Waals surface area contributed by atoms with E-state index in [1.54, 1.807) is 71.3 Å². The smallest absolute Gasteiger partial charge is 0.419 e. The van der Waals surface area contributed by atoms with Gasteiger partial charge in [-0.3, -0.25) is 14.4 Å². The van der Waals surface area contributed by atoms with Crippen LogP contribution in [-0.4, -0.2) is 57.7 Å². The zero-order valence-electron chi connectivity index (χ0n) is 27.5. The third-order valence-corrected chi connectivity index (χ3v) is 7.13. The maximum atomic E-state index is 14.3. The van der Waals surface area contributed by atoms with Crippen LogP contribution in [0.4, 0.5) is 19.3 Å². The maximum absolute atomic E-state index is 14.3. The number of nitrogens with one attached hydrogen (secondary N) is 1. The number of allylic oxidation sites excluding steroid dienone is 1. The van der Waals surface area contributed by atoms with E-state index in [4.69, 9.17) is 15.2 Å². The lowest BCUT2D eigenvalue weighted by atomic mass is 10.1. The quantitative estimate of drug-likeness (QED) is 0.211. The Bertz CT molecular complexity index is 1910. The number of benzene rings is 2. The molecule has 2 amide bonds. The molecule has 0 saturated carbocycles. The molecule has 2 heterocycles. The Kier molecular flexibility index (Phi) is 11.2. The molecule has 4 rings (SSSR count). The number of nitrogens with zero attached hydrogens (tertiary/aromatic N) is 3. The number of hydrogen-bond donors (Lipinski definition) is 2. The molecule has 0 aliphatic heterocycles. The van der Waals surface area contributed by atoms with E-state index in [2.05, 4.69) is 5.32 Å². The molecule has 0 radical (unpaired) electrons. The fraction of sp³-hybridized carbons (Fsp3) is 0.314. The van der Waals surface area contributed by atoms with Gasteiger partial charge < -0.3 is 30.0 Å². The van der Waals surface area contributed by atoms with Crippen molar-refractivity contribution in [3.63, 3.8) is 0 Å². The molecule has 0 aliphatic carbocycles. The topological polar surface area (TPSA) is 138 Å². The minimum Gasteiger partial charge on any atom is -0.487 e. The molecule has 0 unspecified atom stereocenters. The molecule has 13 heteroatoms. The summed E-state index contributed by atoms with van der Waals surface area (Å²) >= 11 is 0. The van der Waals surface area contributed by atoms with Gasteiger partial charge in [0.1, 0.15) is 40.8 Å². The van der Waals surface area contributed by atoms with Crippen LogP contribution in [-0.2, 0) is 27.5 Å². The van der Waals surface area contributed by atoms with E-state index in [-0.39, 0.29) is 42.5 Å². The largest absolute Gasteiger partial charge is 0.487 e. The molecule has 0 bridgehead atoms. The average Bonchev–Trinajstić information content (AvgIpc) is 3.38. The number of aromatic nitrogens is 2. The summed E-state index contributed by atoms with van der Waals surface area (Å²) in [7, 11) is 3.26. The third kappa shape index (κ3) is 8.94. The standard InChI is InChI=1S/C35H39F2N5O6/c1-35(2,3)48-34(46)42-25(18-22-10-8-13-29(31(22)42)47-21-23-15-16-24(36)19-26(23)37)20-41-17-9-12-28(33(41)45)39-32(44)27(38)11-6-7-14-30(43)40(4)5/h7-10,12-19,27H,6,11,20-21,38H2,1-5H3,(H,39,44)/b14-7+/t27-/m0/s1. The van der Waals surface area contributed by atoms with Crippen molar-refractivity contribution < 1.29 is 32.6 Å². The van der Waals surface area contributed by atoms with Crippen LogP contribution in [0.15, 0.2) is 77.7 Å². The highest BCUT2D eigenvalue weighted by Crippen LogP contribution is 2.31. The fourth-order valence-corrected chi connectivity index (χ4v) is 4.72. The Morgan fingerprint density at radius 3 is 2.50 bits per heavy atom. The first-order valence-corrected chi connectivity index (χ1v) is 15.2. The highest BCUT2D eigenvalue weighted by atomic mass is 19.1. The lowest BCUT2D eigenvalue weighted by molar-refractivity contribution is -0.123. The van der Waals surface area contributed by atoms with Crippen LogP contribution < -0.4 is 21.3 Å². The molecule has 0 fully saturated rings. The normalized spacial score (nSPS) is 12.2. The molecular formula is C35H39F2N5O6. The molecule has 1 atom stereocenters. The second-order valence-corrected chi connectivity index (χ2v) is 12.3. The van der Waals surface area contributed by atoms with Crippen LogP contribution in [0.2, 0.25) is 0 Å². The summed E-state index contributed by atoms with van der Waals surface area (Å²) in [6, 6.07) is 12.0. The minimum absolute atomic E-state index is 0.0125. The Balaban J connectivity index is 1.61. The van der Waals surface area contributed by atoms with Crippen molar-refractivity contribution >= 4 is 34.5 Å². The van der Waals surface area contributed by atoms with Crippen molar-refractivity contribution in [3.05, 3.63) is 106 Å². The summed E-state index contributed by atoms with van der Waals surface area (Å²) < 4.78 is 42.0. The van der Waals surface area contributed by atoms with Gasteiger partial charge in [-0.2, -0.15) is 0 Å². The Morgan fingerprint density at radius 1 is 1.06 bits per heavy atom. The van der Waals surface area contributed by atoms with Crippen LogP contribution in [0.25, 0.3) is 10.9 Å². The van der Waals surface area contributed by atoms with Crippen LogP contribution >= 0.6 is 0 Å². The van der Waals surface area contributed by atoms with Crippen molar-refractivity contribution in [2.45, 2.75) is 58.4 Å². The number of carbonyl (C=O) groups is 3. The number of pyridine rings is 1. The first kappa shape index (κ1) is 35.6. The molecule has 2 aromatic carbocycles. The van der Waals surface area contributed by atoms with E-state index in [1.807, 2.05) is 0 Å². The summed E-state index contributed by atoms with van der Waals surface area (Å²) in [5.74, 6) is -2.01. The van der Waals surface area contributed by atoms with E-state index in [0.717, 1.165) is 12.1 Å². The predicted molar refractivity (Wildman–Crippen MR) is 178 cm³/mol. The highest BCUT2D eigenvalue weighted by molar-refractivity contribution is 5.95. The van der Waals surface area contributed by atoms with Crippen molar-refractivity contribution in [2.75, 3.05) is 19.4 Å². The molecule has 0 aliphatic rings. The van der Waals surface area contributed by atoms with Crippen molar-refractivity contribution in [1.82, 2.24) is 14.0 Å². The van der Waals surface area contributed by atoms with Crippen LogP contribution in [0, 0.1) is 11.6 Å². The number of fused-ring (bicyclic) bond motifs is 1. The second kappa shape index (κ2) is 15.1. The zero-order valence-corrected chi connectivity index (χ0v) is 27.5. The van der Waals surface area contributed by atoms with Crippen molar-refractivity contribution in [3.8, 4) is 5.75 Å². The lowest BCUT2D eigenvalue weighted by Crippen LogP contribution is -2.37. The van der Waals surface area contributed by atoms with Crippen LogP contribution in [0.3, 0.4) is 0 Å². The van der Waals surface area contributed by atoms with Gasteiger partial charge in [-0.05, 0) is 76.1 Å². The van der Waals surface area contributed by atoms with E-state index >= 15 is 0 Å². The van der Waals surface area contributed by atoms with E-state index in [1.165, 1.54) is 38.4 Å². The van der Waals surface area contributed by atoms with Gasteiger partial charge in [-0.25, -0.2) is 18.1 Å². The minimum atomic E-state index is -0.936. The molecule has 2 aromatic heterocycles. The number of anilines is 1. The van der Waals surface area contributed by atoms with Gasteiger partial charge in [0, 0.05) is 37.3 Å². The zero-order chi connectivity index (χ0) is 35.2. The molecule has 0 spiro atoms. The van der Waals surface area contributed by atoms with E-state index < -0.39 is 40.8 Å². The number of amides is 2. The van der Waals surface area contributed by atoms with Gasteiger partial charge in [0.25, 0.3) is 5.56 Å². The molecule has 48 heavy (non-hydrogen) atoms. The highest BCUT2D eigenvalue weighted by Gasteiger charge is 2.25. The predicted octanol–water partition coefficient (Wildman–Crippen LogP) is 5.18. The second-order valence-electron chi connectivity index (χ2n) is 12.3. The third-order valence-electron chi connectivity index (χ3n) is 7.13. The summed E-state index contributed by atoms with van der Waals surface area (Å²) in [6.45, 7) is 4.80. The Hall–Kier alpha value is -5.30. The summed E-state index contributed by atoms with van der Waals surface area (Å²) in [6.07, 6.45) is 4.44. The molecule has 3 N–H and O–H groups in total. The Labute approximate surface area is 276 Å². The molecule has 11 nitrogen and oxygen atoms in total. The number of carbonyl (C=O) groups excluding carboxylic acids is 3. The average molecular weight is 664 g/mol. The first-order valence-electron chi connectivity index (χ1n) is 15.2.